The summed E-state index contributed by atoms with van der Waals surface area (Å²) in [5.41, 5.74) is 6.53. The van der Waals surface area contributed by atoms with Crippen LogP contribution >= 0.6 is 0 Å². The van der Waals surface area contributed by atoms with Crippen LogP contribution < -0.4 is 5.73 Å². The minimum Gasteiger partial charge on any atom is -0.368 e. The normalized spacial score (nSPS) is 21.5. The number of primary amides is 1. The van der Waals surface area contributed by atoms with Crippen molar-refractivity contribution in [2.24, 2.45) is 11.7 Å². The molecule has 0 saturated carbocycles. The van der Waals surface area contributed by atoms with E-state index in [-0.39, 0.29) is 11.9 Å². The number of carbonyl (C=O) groups is 1. The van der Waals surface area contributed by atoms with Gasteiger partial charge in [-0.25, -0.2) is 0 Å². The van der Waals surface area contributed by atoms with E-state index in [4.69, 9.17) is 5.73 Å². The van der Waals surface area contributed by atoms with Crippen molar-refractivity contribution in [3.63, 3.8) is 0 Å². The van der Waals surface area contributed by atoms with Gasteiger partial charge in [0.25, 0.3) is 0 Å². The molecule has 1 rings (SSSR count). The van der Waals surface area contributed by atoms with Crippen LogP contribution in [0.3, 0.4) is 0 Å². The second-order valence-electron chi connectivity index (χ2n) is 5.14. The lowest BCUT2D eigenvalue weighted by Gasteiger charge is -2.30. The van der Waals surface area contributed by atoms with E-state index in [2.05, 4.69) is 25.3 Å². The van der Waals surface area contributed by atoms with E-state index in [1.54, 1.807) is 0 Å². The van der Waals surface area contributed by atoms with Crippen LogP contribution in [0.15, 0.2) is 12.3 Å². The second-order valence-corrected chi connectivity index (χ2v) is 5.14. The van der Waals surface area contributed by atoms with Gasteiger partial charge in [0.05, 0.1) is 0 Å². The predicted molar refractivity (Wildman–Crippen MR) is 71.4 cm³/mol. The number of allylic oxidation sites excluding steroid dienone is 1. The Kier molecular flexibility index (Phi) is 5.52. The predicted octanol–water partition coefficient (Wildman–Crippen LogP) is 2.67. The van der Waals surface area contributed by atoms with Crippen molar-refractivity contribution >= 4 is 5.91 Å². The SMILES string of the molecule is C=C(C(C)CCCCC)N1CCCC1C(N)=O. The molecule has 1 fully saturated rings. The average molecular weight is 238 g/mol. The maximum absolute atomic E-state index is 11.3. The number of nitrogens with two attached hydrogens (primary N) is 1. The Labute approximate surface area is 105 Å². The van der Waals surface area contributed by atoms with E-state index in [0.717, 1.165) is 31.5 Å². The first-order chi connectivity index (χ1) is 8.07. The zero-order valence-electron chi connectivity index (χ0n) is 11.2. The number of likely N-dealkylation sites (tertiary alicyclic amines) is 1. The maximum atomic E-state index is 11.3. The van der Waals surface area contributed by atoms with Gasteiger partial charge in [-0.3, -0.25) is 4.79 Å². The number of nitrogens with zero attached hydrogens (tertiary/aromatic N) is 1. The van der Waals surface area contributed by atoms with Gasteiger partial charge >= 0.3 is 0 Å². The molecule has 3 heteroatoms. The summed E-state index contributed by atoms with van der Waals surface area (Å²) in [5, 5.41) is 0. The van der Waals surface area contributed by atoms with E-state index < -0.39 is 0 Å². The van der Waals surface area contributed by atoms with Crippen LogP contribution in [0.1, 0.15) is 52.4 Å². The molecule has 2 atom stereocenters. The molecule has 98 valence electrons. The third-order valence-corrected chi connectivity index (χ3v) is 3.76. The van der Waals surface area contributed by atoms with Gasteiger partial charge in [-0.2, -0.15) is 0 Å². The molecule has 17 heavy (non-hydrogen) atoms. The highest BCUT2D eigenvalue weighted by molar-refractivity contribution is 5.80. The van der Waals surface area contributed by atoms with Crippen molar-refractivity contribution in [2.75, 3.05) is 6.54 Å². The summed E-state index contributed by atoms with van der Waals surface area (Å²) in [4.78, 5) is 13.5. The third kappa shape index (κ3) is 3.76. The summed E-state index contributed by atoms with van der Waals surface area (Å²) < 4.78 is 0. The quantitative estimate of drug-likeness (QED) is 0.693. The summed E-state index contributed by atoms with van der Waals surface area (Å²) in [6.45, 7) is 9.52. The van der Waals surface area contributed by atoms with Crippen molar-refractivity contribution in [1.82, 2.24) is 4.90 Å². The Bertz CT molecular complexity index is 275. The molecule has 1 saturated heterocycles. The molecule has 1 aliphatic heterocycles. The second kappa shape index (κ2) is 6.67. The summed E-state index contributed by atoms with van der Waals surface area (Å²) in [5.74, 6) is 0.255. The van der Waals surface area contributed by atoms with E-state index in [1.807, 2.05) is 0 Å². The fourth-order valence-corrected chi connectivity index (χ4v) is 2.56. The lowest BCUT2D eigenvalue weighted by molar-refractivity contribution is -0.121. The lowest BCUT2D eigenvalue weighted by atomic mass is 9.99. The van der Waals surface area contributed by atoms with Crippen molar-refractivity contribution < 1.29 is 4.79 Å². The lowest BCUT2D eigenvalue weighted by Crippen LogP contribution is -2.40. The fraction of sp³-hybridized carbons (Fsp3) is 0.786. The first-order valence-electron chi connectivity index (χ1n) is 6.82. The number of amides is 1. The number of hydrogen-bond acceptors (Lipinski definition) is 2. The minimum absolute atomic E-state index is 0.115. The van der Waals surface area contributed by atoms with Gasteiger partial charge in [0, 0.05) is 12.2 Å². The smallest absolute Gasteiger partial charge is 0.240 e. The van der Waals surface area contributed by atoms with Gasteiger partial charge in [-0.1, -0.05) is 39.7 Å². The zero-order valence-corrected chi connectivity index (χ0v) is 11.2. The summed E-state index contributed by atoms with van der Waals surface area (Å²) >= 11 is 0. The van der Waals surface area contributed by atoms with Crippen LogP contribution in [0.5, 0.6) is 0 Å². The topological polar surface area (TPSA) is 46.3 Å². The van der Waals surface area contributed by atoms with Crippen molar-refractivity contribution in [3.05, 3.63) is 12.3 Å². The molecule has 0 radical (unpaired) electrons. The molecule has 1 aliphatic rings. The minimum atomic E-state index is -0.204. The summed E-state index contributed by atoms with van der Waals surface area (Å²) in [6, 6.07) is -0.115. The van der Waals surface area contributed by atoms with Crippen LogP contribution in [0.2, 0.25) is 0 Å². The van der Waals surface area contributed by atoms with Gasteiger partial charge in [-0.05, 0) is 25.2 Å². The summed E-state index contributed by atoms with van der Waals surface area (Å²) in [7, 11) is 0. The molecule has 0 aliphatic carbocycles. The molecule has 3 nitrogen and oxygen atoms in total. The highest BCUT2D eigenvalue weighted by atomic mass is 16.1. The van der Waals surface area contributed by atoms with Crippen molar-refractivity contribution in [3.8, 4) is 0 Å². The van der Waals surface area contributed by atoms with Crippen LogP contribution in [-0.4, -0.2) is 23.4 Å². The molecule has 0 aromatic heterocycles. The molecule has 1 amide bonds. The fourth-order valence-electron chi connectivity index (χ4n) is 2.56. The van der Waals surface area contributed by atoms with Crippen molar-refractivity contribution in [2.45, 2.75) is 58.4 Å². The number of hydrogen-bond donors (Lipinski definition) is 1. The highest BCUT2D eigenvalue weighted by Gasteiger charge is 2.31. The molecule has 2 N–H and O–H groups in total. The van der Waals surface area contributed by atoms with Gasteiger partial charge < -0.3 is 10.6 Å². The molecule has 0 aromatic rings. The standard InChI is InChI=1S/C14H26N2O/c1-4-5-6-8-11(2)12(3)16-10-7-9-13(16)14(15)17/h11,13H,3-10H2,1-2H3,(H2,15,17). The first-order valence-corrected chi connectivity index (χ1v) is 6.82. The average Bonchev–Trinajstić information content (AvgIpc) is 2.77. The Balaban J connectivity index is 2.47. The van der Waals surface area contributed by atoms with Crippen LogP contribution in [0.25, 0.3) is 0 Å². The van der Waals surface area contributed by atoms with Gasteiger partial charge in [0.1, 0.15) is 6.04 Å². The van der Waals surface area contributed by atoms with E-state index in [1.165, 1.54) is 19.3 Å². The van der Waals surface area contributed by atoms with Crippen LogP contribution in [0.4, 0.5) is 0 Å². The molecule has 2 unspecified atom stereocenters. The molecule has 0 spiro atoms. The Morgan fingerprint density at radius 3 is 2.82 bits per heavy atom. The van der Waals surface area contributed by atoms with E-state index in [0.29, 0.717) is 5.92 Å². The van der Waals surface area contributed by atoms with E-state index >= 15 is 0 Å². The largest absolute Gasteiger partial charge is 0.368 e. The molecular formula is C14H26N2O. The molecule has 0 aromatic carbocycles. The molecular weight excluding hydrogens is 212 g/mol. The zero-order chi connectivity index (χ0) is 12.8. The third-order valence-electron chi connectivity index (χ3n) is 3.76. The maximum Gasteiger partial charge on any atom is 0.240 e. The Morgan fingerprint density at radius 1 is 1.53 bits per heavy atom. The number of rotatable bonds is 7. The Hall–Kier alpha value is -0.990. The summed E-state index contributed by atoms with van der Waals surface area (Å²) in [6.07, 6.45) is 6.86. The highest BCUT2D eigenvalue weighted by Crippen LogP contribution is 2.27. The van der Waals surface area contributed by atoms with Crippen LogP contribution in [0, 0.1) is 5.92 Å². The molecule has 0 bridgehead atoms. The Morgan fingerprint density at radius 2 is 2.24 bits per heavy atom. The van der Waals surface area contributed by atoms with E-state index in [9.17, 15) is 4.79 Å². The van der Waals surface area contributed by atoms with Crippen molar-refractivity contribution in [1.29, 1.82) is 0 Å². The van der Waals surface area contributed by atoms with Gasteiger partial charge in [-0.15, -0.1) is 0 Å². The number of carbonyl (C=O) groups excluding carboxylic acids is 1. The van der Waals surface area contributed by atoms with Gasteiger partial charge in [0.15, 0.2) is 0 Å². The monoisotopic (exact) mass is 238 g/mol. The van der Waals surface area contributed by atoms with Gasteiger partial charge in [0.2, 0.25) is 5.91 Å². The van der Waals surface area contributed by atoms with Crippen LogP contribution in [-0.2, 0) is 4.79 Å². The number of unbranched alkanes of at least 4 members (excludes halogenated alkanes) is 2. The first kappa shape index (κ1) is 14.1. The molecule has 1 heterocycles.